The maximum Gasteiger partial charge on any atom is 0.148 e. The van der Waals surface area contributed by atoms with Gasteiger partial charge in [-0.2, -0.15) is 0 Å². The summed E-state index contributed by atoms with van der Waals surface area (Å²) in [4.78, 5) is 8.87. The smallest absolute Gasteiger partial charge is 0.148 e. The third kappa shape index (κ3) is 6.52. The number of benzene rings is 3. The van der Waals surface area contributed by atoms with Crippen molar-refractivity contribution >= 4 is 32.2 Å². The molecule has 0 saturated carbocycles. The zero-order valence-electron chi connectivity index (χ0n) is 20.2. The van der Waals surface area contributed by atoms with E-state index < -0.39 is 9.84 Å². The van der Waals surface area contributed by atoms with Crippen molar-refractivity contribution in [3.8, 4) is 22.8 Å². The Morgan fingerprint density at radius 1 is 0.892 bits per heavy atom. The number of aromatic nitrogens is 2. The molecule has 0 aliphatic carbocycles. The van der Waals surface area contributed by atoms with Crippen molar-refractivity contribution in [1.29, 1.82) is 0 Å². The number of rotatable bonds is 10. The second kappa shape index (κ2) is 10.8. The highest BCUT2D eigenvalue weighted by atomic mass is 32.2. The highest BCUT2D eigenvalue weighted by Crippen LogP contribution is 2.30. The first-order valence-electron chi connectivity index (χ1n) is 11.8. The first kappa shape index (κ1) is 24.5. The van der Waals surface area contributed by atoms with E-state index in [4.69, 9.17) is 9.15 Å². The Labute approximate surface area is 215 Å². The maximum absolute atomic E-state index is 11.3. The van der Waals surface area contributed by atoms with Crippen LogP contribution in [0.3, 0.4) is 0 Å². The van der Waals surface area contributed by atoms with Crippen molar-refractivity contribution < 1.29 is 17.6 Å². The standard InChI is InChI=1S/C28H26N4O4S/c1-37(33,34)16-15-29-18-24-12-14-27(36-24)20-7-13-25-26(17-20)30-19-31-28(25)32-21-8-10-23(11-9-21)35-22-5-3-2-4-6-22/h2-14,17,19,29H,15-16,18H2,1H3,(H,30,31,32). The fourth-order valence-corrected chi connectivity index (χ4v) is 4.29. The van der Waals surface area contributed by atoms with Gasteiger partial charge >= 0.3 is 0 Å². The lowest BCUT2D eigenvalue weighted by molar-refractivity contribution is 0.483. The molecule has 5 aromatic rings. The van der Waals surface area contributed by atoms with Crippen LogP contribution >= 0.6 is 0 Å². The quantitative estimate of drug-likeness (QED) is 0.233. The number of hydrogen-bond donors (Lipinski definition) is 2. The number of anilines is 2. The number of nitrogens with one attached hydrogen (secondary N) is 2. The normalized spacial score (nSPS) is 11.5. The number of ether oxygens (including phenoxy) is 1. The van der Waals surface area contributed by atoms with E-state index in [1.807, 2.05) is 84.9 Å². The topological polar surface area (TPSA) is 106 Å². The van der Waals surface area contributed by atoms with Gasteiger partial charge < -0.3 is 19.8 Å². The number of nitrogens with zero attached hydrogens (tertiary/aromatic N) is 2. The Morgan fingerprint density at radius 3 is 2.46 bits per heavy atom. The van der Waals surface area contributed by atoms with Crippen LogP contribution in [0.4, 0.5) is 11.5 Å². The van der Waals surface area contributed by atoms with E-state index in [9.17, 15) is 8.42 Å². The maximum atomic E-state index is 11.3. The van der Waals surface area contributed by atoms with Crippen LogP contribution in [-0.2, 0) is 16.4 Å². The Bertz CT molecular complexity index is 1600. The summed E-state index contributed by atoms with van der Waals surface area (Å²) < 4.78 is 34.3. The predicted molar refractivity (Wildman–Crippen MR) is 145 cm³/mol. The fourth-order valence-electron chi connectivity index (χ4n) is 3.77. The zero-order chi connectivity index (χ0) is 25.7. The molecule has 2 aromatic heterocycles. The number of hydrogen-bond acceptors (Lipinski definition) is 8. The molecule has 0 amide bonds. The van der Waals surface area contributed by atoms with Crippen LogP contribution in [0.25, 0.3) is 22.2 Å². The number of furan rings is 1. The van der Waals surface area contributed by atoms with Gasteiger partial charge in [0.05, 0.1) is 17.8 Å². The van der Waals surface area contributed by atoms with Gasteiger partial charge in [-0.15, -0.1) is 0 Å². The van der Waals surface area contributed by atoms with E-state index in [2.05, 4.69) is 20.6 Å². The average Bonchev–Trinajstić information content (AvgIpc) is 3.37. The van der Waals surface area contributed by atoms with Crippen LogP contribution in [0.2, 0.25) is 0 Å². The van der Waals surface area contributed by atoms with Crippen molar-refractivity contribution in [2.45, 2.75) is 6.54 Å². The summed E-state index contributed by atoms with van der Waals surface area (Å²) in [5.74, 6) is 3.76. The third-order valence-corrected chi connectivity index (χ3v) is 6.57. The van der Waals surface area contributed by atoms with Gasteiger partial charge in [-0.05, 0) is 60.7 Å². The van der Waals surface area contributed by atoms with Crippen LogP contribution in [0.15, 0.2) is 95.7 Å². The first-order valence-corrected chi connectivity index (χ1v) is 13.8. The second-order valence-electron chi connectivity index (χ2n) is 8.59. The van der Waals surface area contributed by atoms with Gasteiger partial charge in [0.15, 0.2) is 0 Å². The monoisotopic (exact) mass is 514 g/mol. The summed E-state index contributed by atoms with van der Waals surface area (Å²) in [6.45, 7) is 0.828. The van der Waals surface area contributed by atoms with Gasteiger partial charge in [0.2, 0.25) is 0 Å². The lowest BCUT2D eigenvalue weighted by Crippen LogP contribution is -2.21. The lowest BCUT2D eigenvalue weighted by atomic mass is 10.1. The SMILES string of the molecule is CS(=O)(=O)CCNCc1ccc(-c2ccc3c(Nc4ccc(Oc5ccccc5)cc4)ncnc3c2)o1. The van der Waals surface area contributed by atoms with Gasteiger partial charge in [0.1, 0.15) is 45.0 Å². The van der Waals surface area contributed by atoms with Gasteiger partial charge in [0.25, 0.3) is 0 Å². The largest absolute Gasteiger partial charge is 0.460 e. The van der Waals surface area contributed by atoms with Crippen molar-refractivity contribution in [2.75, 3.05) is 23.9 Å². The number of sulfone groups is 1. The van der Waals surface area contributed by atoms with Crippen molar-refractivity contribution in [2.24, 2.45) is 0 Å². The molecule has 2 N–H and O–H groups in total. The van der Waals surface area contributed by atoms with Gasteiger partial charge in [-0.1, -0.05) is 24.3 Å². The molecule has 0 unspecified atom stereocenters. The molecular formula is C28H26N4O4S. The van der Waals surface area contributed by atoms with Crippen LogP contribution in [0.1, 0.15) is 5.76 Å². The van der Waals surface area contributed by atoms with Crippen molar-refractivity contribution in [1.82, 2.24) is 15.3 Å². The molecule has 0 aliphatic rings. The summed E-state index contributed by atoms with van der Waals surface area (Å²) in [6, 6.07) is 27.0. The summed E-state index contributed by atoms with van der Waals surface area (Å²) in [5.41, 5.74) is 2.55. The summed E-state index contributed by atoms with van der Waals surface area (Å²) in [7, 11) is -2.99. The van der Waals surface area contributed by atoms with E-state index in [-0.39, 0.29) is 5.75 Å². The molecule has 0 atom stereocenters. The fraction of sp³-hybridized carbons (Fsp3) is 0.143. The highest BCUT2D eigenvalue weighted by molar-refractivity contribution is 7.90. The minimum absolute atomic E-state index is 0.0902. The molecule has 0 fully saturated rings. The predicted octanol–water partition coefficient (Wildman–Crippen LogP) is 5.56. The lowest BCUT2D eigenvalue weighted by Gasteiger charge is -2.10. The average molecular weight is 515 g/mol. The minimum atomic E-state index is -2.99. The molecule has 0 saturated heterocycles. The summed E-state index contributed by atoms with van der Waals surface area (Å²) >= 11 is 0. The zero-order valence-corrected chi connectivity index (χ0v) is 21.0. The molecule has 37 heavy (non-hydrogen) atoms. The number of fused-ring (bicyclic) bond motifs is 1. The van der Waals surface area contributed by atoms with E-state index in [1.54, 1.807) is 0 Å². The molecule has 8 nitrogen and oxygen atoms in total. The van der Waals surface area contributed by atoms with Crippen LogP contribution < -0.4 is 15.4 Å². The molecule has 3 aromatic carbocycles. The first-order chi connectivity index (χ1) is 17.9. The minimum Gasteiger partial charge on any atom is -0.460 e. The molecule has 0 aliphatic heterocycles. The Kier molecular flexibility index (Phi) is 7.16. The molecule has 9 heteroatoms. The van der Waals surface area contributed by atoms with E-state index in [0.717, 1.165) is 39.4 Å². The molecular weight excluding hydrogens is 488 g/mol. The van der Waals surface area contributed by atoms with Gasteiger partial charge in [-0.3, -0.25) is 0 Å². The van der Waals surface area contributed by atoms with E-state index >= 15 is 0 Å². The van der Waals surface area contributed by atoms with E-state index in [1.165, 1.54) is 12.6 Å². The van der Waals surface area contributed by atoms with Gasteiger partial charge in [0, 0.05) is 29.4 Å². The van der Waals surface area contributed by atoms with Crippen molar-refractivity contribution in [3.63, 3.8) is 0 Å². The second-order valence-corrected chi connectivity index (χ2v) is 10.9. The Balaban J connectivity index is 1.26. The molecule has 0 radical (unpaired) electrons. The van der Waals surface area contributed by atoms with Crippen LogP contribution in [0, 0.1) is 0 Å². The van der Waals surface area contributed by atoms with Crippen LogP contribution in [0.5, 0.6) is 11.5 Å². The van der Waals surface area contributed by atoms with E-state index in [0.29, 0.717) is 24.7 Å². The highest BCUT2D eigenvalue weighted by Gasteiger charge is 2.10. The number of para-hydroxylation sites is 1. The van der Waals surface area contributed by atoms with Crippen LogP contribution in [-0.4, -0.2) is 36.9 Å². The molecule has 5 rings (SSSR count). The molecule has 0 spiro atoms. The molecule has 0 bridgehead atoms. The summed E-state index contributed by atoms with van der Waals surface area (Å²) in [5, 5.41) is 7.33. The Hall–Kier alpha value is -4.21. The Morgan fingerprint density at radius 2 is 1.68 bits per heavy atom. The molecule has 2 heterocycles. The van der Waals surface area contributed by atoms with Gasteiger partial charge in [-0.25, -0.2) is 18.4 Å². The summed E-state index contributed by atoms with van der Waals surface area (Å²) in [6.07, 6.45) is 2.75. The molecule has 188 valence electrons. The third-order valence-electron chi connectivity index (χ3n) is 5.63. The van der Waals surface area contributed by atoms with Crippen molar-refractivity contribution in [3.05, 3.63) is 97.0 Å².